The number of carbonyl (C=O) groups excluding carboxylic acids is 1. The van der Waals surface area contributed by atoms with Crippen LogP contribution in [0.15, 0.2) is 91.0 Å². The standard InChI is InChI=1S/C37H48N4O3/c1-2-20-41(37(44)38-26-29-14-8-4-9-15-29)33-18-21-40(22-19-33)27-31-24-32(25-34(31)30-16-10-5-11-17-30)39-35(36(42)43)23-28-12-6-3-7-13-28/h3-17,31-35,39H,2,18-27H2,1H3,(H,38,44)(H,42,43). The maximum Gasteiger partial charge on any atom is 0.321 e. The summed E-state index contributed by atoms with van der Waals surface area (Å²) >= 11 is 0. The minimum absolute atomic E-state index is 0.0338. The van der Waals surface area contributed by atoms with Crippen LogP contribution in [-0.2, 0) is 17.8 Å². The molecule has 0 spiro atoms. The largest absolute Gasteiger partial charge is 0.480 e. The first-order valence-corrected chi connectivity index (χ1v) is 16.4. The topological polar surface area (TPSA) is 84.9 Å². The summed E-state index contributed by atoms with van der Waals surface area (Å²) < 4.78 is 0. The van der Waals surface area contributed by atoms with E-state index in [0.717, 1.165) is 69.4 Å². The predicted octanol–water partition coefficient (Wildman–Crippen LogP) is 5.92. The van der Waals surface area contributed by atoms with Gasteiger partial charge in [-0.15, -0.1) is 0 Å². The molecule has 2 amide bonds. The van der Waals surface area contributed by atoms with Gasteiger partial charge in [-0.2, -0.15) is 0 Å². The number of nitrogens with zero attached hydrogens (tertiary/aromatic N) is 2. The molecule has 1 saturated carbocycles. The van der Waals surface area contributed by atoms with Gasteiger partial charge in [0, 0.05) is 44.8 Å². The first-order valence-electron chi connectivity index (χ1n) is 16.4. The first-order chi connectivity index (χ1) is 21.5. The van der Waals surface area contributed by atoms with E-state index in [0.29, 0.717) is 24.8 Å². The number of amides is 2. The highest BCUT2D eigenvalue weighted by molar-refractivity contribution is 5.74. The molecule has 3 N–H and O–H groups in total. The molecule has 7 heteroatoms. The number of urea groups is 1. The van der Waals surface area contributed by atoms with Crippen molar-refractivity contribution < 1.29 is 14.7 Å². The Labute approximate surface area is 262 Å². The molecule has 1 saturated heterocycles. The Morgan fingerprint density at radius 1 is 0.886 bits per heavy atom. The van der Waals surface area contributed by atoms with Crippen LogP contribution in [0.1, 0.15) is 61.6 Å². The second-order valence-corrected chi connectivity index (χ2v) is 12.6. The van der Waals surface area contributed by atoms with Gasteiger partial charge in [0.15, 0.2) is 0 Å². The second-order valence-electron chi connectivity index (χ2n) is 12.6. The van der Waals surface area contributed by atoms with Crippen molar-refractivity contribution in [3.05, 3.63) is 108 Å². The third-order valence-electron chi connectivity index (χ3n) is 9.44. The molecule has 4 unspecified atom stereocenters. The van der Waals surface area contributed by atoms with Gasteiger partial charge in [-0.05, 0) is 67.1 Å². The number of carboxylic acids is 1. The van der Waals surface area contributed by atoms with Crippen LogP contribution in [0.5, 0.6) is 0 Å². The van der Waals surface area contributed by atoms with Crippen LogP contribution in [-0.4, -0.2) is 71.2 Å². The van der Waals surface area contributed by atoms with Gasteiger partial charge in [0.2, 0.25) is 0 Å². The maximum atomic E-state index is 13.2. The summed E-state index contributed by atoms with van der Waals surface area (Å²) in [5.41, 5.74) is 3.49. The summed E-state index contributed by atoms with van der Waals surface area (Å²) in [6.07, 6.45) is 5.27. The summed E-state index contributed by atoms with van der Waals surface area (Å²) in [4.78, 5) is 30.1. The highest BCUT2D eigenvalue weighted by atomic mass is 16.4. The average Bonchev–Trinajstić information content (AvgIpc) is 3.46. The molecule has 1 aliphatic heterocycles. The van der Waals surface area contributed by atoms with Crippen LogP contribution in [0, 0.1) is 5.92 Å². The number of nitrogens with one attached hydrogen (secondary N) is 2. The molecule has 44 heavy (non-hydrogen) atoms. The lowest BCUT2D eigenvalue weighted by Gasteiger charge is -2.39. The second kappa shape index (κ2) is 15.9. The summed E-state index contributed by atoms with van der Waals surface area (Å²) in [7, 11) is 0. The fourth-order valence-corrected chi connectivity index (χ4v) is 7.23. The van der Waals surface area contributed by atoms with E-state index < -0.39 is 12.0 Å². The maximum absolute atomic E-state index is 13.2. The van der Waals surface area contributed by atoms with Gasteiger partial charge < -0.3 is 25.5 Å². The number of benzene rings is 3. The molecule has 1 heterocycles. The molecule has 234 valence electrons. The summed E-state index contributed by atoms with van der Waals surface area (Å²) in [5, 5.41) is 16.7. The third kappa shape index (κ3) is 8.70. The number of rotatable bonds is 13. The van der Waals surface area contributed by atoms with Crippen LogP contribution in [0.2, 0.25) is 0 Å². The van der Waals surface area contributed by atoms with E-state index in [1.165, 1.54) is 5.56 Å². The molecule has 2 aliphatic rings. The third-order valence-corrected chi connectivity index (χ3v) is 9.44. The van der Waals surface area contributed by atoms with Gasteiger partial charge in [-0.3, -0.25) is 4.79 Å². The Bertz CT molecular complexity index is 1300. The first kappa shape index (κ1) is 31.7. The summed E-state index contributed by atoms with van der Waals surface area (Å²) in [6.45, 7) is 6.39. The molecule has 3 aromatic carbocycles. The van der Waals surface area contributed by atoms with Gasteiger partial charge in [0.1, 0.15) is 6.04 Å². The lowest BCUT2D eigenvalue weighted by molar-refractivity contribution is -0.139. The van der Waals surface area contributed by atoms with Gasteiger partial charge in [-0.25, -0.2) is 4.79 Å². The molecular weight excluding hydrogens is 548 g/mol. The van der Waals surface area contributed by atoms with Gasteiger partial charge in [-0.1, -0.05) is 97.9 Å². The molecule has 2 fully saturated rings. The predicted molar refractivity (Wildman–Crippen MR) is 176 cm³/mol. The molecule has 7 nitrogen and oxygen atoms in total. The van der Waals surface area contributed by atoms with Crippen molar-refractivity contribution in [2.75, 3.05) is 26.2 Å². The van der Waals surface area contributed by atoms with Crippen molar-refractivity contribution in [3.63, 3.8) is 0 Å². The zero-order chi connectivity index (χ0) is 30.7. The number of carbonyl (C=O) groups is 2. The van der Waals surface area contributed by atoms with E-state index in [9.17, 15) is 14.7 Å². The smallest absolute Gasteiger partial charge is 0.321 e. The Morgan fingerprint density at radius 2 is 1.50 bits per heavy atom. The van der Waals surface area contributed by atoms with E-state index in [2.05, 4.69) is 57.7 Å². The van der Waals surface area contributed by atoms with Crippen LogP contribution in [0.4, 0.5) is 4.79 Å². The van der Waals surface area contributed by atoms with E-state index in [1.54, 1.807) is 0 Å². The average molecular weight is 597 g/mol. The number of hydrogen-bond acceptors (Lipinski definition) is 4. The van der Waals surface area contributed by atoms with Gasteiger partial charge in [0.05, 0.1) is 0 Å². The van der Waals surface area contributed by atoms with Crippen LogP contribution < -0.4 is 10.6 Å². The molecule has 1 aliphatic carbocycles. The fourth-order valence-electron chi connectivity index (χ4n) is 7.23. The van der Waals surface area contributed by atoms with Crippen molar-refractivity contribution in [1.82, 2.24) is 20.4 Å². The Balaban J connectivity index is 1.18. The van der Waals surface area contributed by atoms with E-state index in [1.807, 2.05) is 60.7 Å². The summed E-state index contributed by atoms with van der Waals surface area (Å²) in [6, 6.07) is 30.5. The molecule has 4 atom stereocenters. The van der Waals surface area contributed by atoms with Crippen molar-refractivity contribution >= 4 is 12.0 Å². The van der Waals surface area contributed by atoms with Crippen molar-refractivity contribution in [2.24, 2.45) is 5.92 Å². The molecule has 0 radical (unpaired) electrons. The number of hydrogen-bond donors (Lipinski definition) is 3. The van der Waals surface area contributed by atoms with Crippen molar-refractivity contribution in [3.8, 4) is 0 Å². The number of carboxylic acid groups (broad SMARTS) is 1. The highest BCUT2D eigenvalue weighted by Gasteiger charge is 2.38. The monoisotopic (exact) mass is 596 g/mol. The molecular formula is C37H48N4O3. The SMILES string of the molecule is CCCN(C(=O)NCc1ccccc1)C1CCN(CC2CC(NC(Cc3ccccc3)C(=O)O)CC2c2ccccc2)CC1. The molecule has 3 aromatic rings. The minimum atomic E-state index is -0.792. The number of aliphatic carboxylic acids is 1. The van der Waals surface area contributed by atoms with Crippen LogP contribution >= 0.6 is 0 Å². The van der Waals surface area contributed by atoms with Gasteiger partial charge >= 0.3 is 12.0 Å². The highest BCUT2D eigenvalue weighted by Crippen LogP contribution is 2.41. The molecule has 0 aromatic heterocycles. The minimum Gasteiger partial charge on any atom is -0.480 e. The van der Waals surface area contributed by atoms with E-state index in [4.69, 9.17) is 0 Å². The van der Waals surface area contributed by atoms with Crippen molar-refractivity contribution in [2.45, 2.75) is 76.0 Å². The quantitative estimate of drug-likeness (QED) is 0.228. The normalized spacial score (nSPS) is 21.5. The Kier molecular flexibility index (Phi) is 11.4. The van der Waals surface area contributed by atoms with Gasteiger partial charge in [0.25, 0.3) is 0 Å². The van der Waals surface area contributed by atoms with Crippen molar-refractivity contribution in [1.29, 1.82) is 0 Å². The Hall–Kier alpha value is -3.68. The molecule has 0 bridgehead atoms. The molecule has 5 rings (SSSR count). The lowest BCUT2D eigenvalue weighted by atomic mass is 9.88. The number of likely N-dealkylation sites (tertiary alicyclic amines) is 1. The Morgan fingerprint density at radius 3 is 2.11 bits per heavy atom. The fraction of sp³-hybridized carbons (Fsp3) is 0.459. The number of piperidine rings is 1. The van der Waals surface area contributed by atoms with E-state index >= 15 is 0 Å². The zero-order valence-corrected chi connectivity index (χ0v) is 26.0. The van der Waals surface area contributed by atoms with E-state index in [-0.39, 0.29) is 18.1 Å². The summed E-state index contributed by atoms with van der Waals surface area (Å²) in [5.74, 6) is 0.0385. The zero-order valence-electron chi connectivity index (χ0n) is 26.0. The van der Waals surface area contributed by atoms with Crippen LogP contribution in [0.25, 0.3) is 0 Å². The van der Waals surface area contributed by atoms with Crippen LogP contribution in [0.3, 0.4) is 0 Å². The lowest BCUT2D eigenvalue weighted by Crippen LogP contribution is -2.51.